The van der Waals surface area contributed by atoms with E-state index >= 15 is 0 Å². The zero-order chi connectivity index (χ0) is 13.3. The second-order valence-electron chi connectivity index (χ2n) is 3.92. The van der Waals surface area contributed by atoms with Crippen molar-refractivity contribution in [1.29, 1.82) is 0 Å². The van der Waals surface area contributed by atoms with Gasteiger partial charge < -0.3 is 4.98 Å². The fourth-order valence-corrected chi connectivity index (χ4v) is 2.75. The molecule has 0 unspecified atom stereocenters. The minimum atomic E-state index is -3.59. The van der Waals surface area contributed by atoms with E-state index in [-0.39, 0.29) is 4.90 Å². The van der Waals surface area contributed by atoms with Crippen LogP contribution in [0.15, 0.2) is 53.8 Å². The molecule has 96 valence electrons. The van der Waals surface area contributed by atoms with Gasteiger partial charge in [0.2, 0.25) is 0 Å². The molecule has 0 fully saturated rings. The first-order chi connectivity index (χ1) is 9.15. The quantitative estimate of drug-likeness (QED) is 0.761. The van der Waals surface area contributed by atoms with E-state index in [2.05, 4.69) is 19.7 Å². The van der Waals surface area contributed by atoms with Gasteiger partial charge in [0.15, 0.2) is 5.65 Å². The van der Waals surface area contributed by atoms with E-state index in [9.17, 15) is 8.42 Å². The molecule has 0 amide bonds. The minimum absolute atomic E-state index is 0.208. The highest BCUT2D eigenvalue weighted by atomic mass is 32.2. The molecule has 0 saturated carbocycles. The Morgan fingerprint density at radius 3 is 2.68 bits per heavy atom. The third kappa shape index (κ3) is 2.27. The van der Waals surface area contributed by atoms with E-state index in [1.165, 1.54) is 24.7 Å². The second kappa shape index (κ2) is 4.36. The van der Waals surface area contributed by atoms with Crippen LogP contribution >= 0.6 is 0 Å². The first-order valence-electron chi connectivity index (χ1n) is 5.52. The molecule has 3 aromatic rings. The highest BCUT2D eigenvalue weighted by Crippen LogP contribution is 2.17. The fraction of sp³-hybridized carbons (Fsp3) is 0. The van der Waals surface area contributed by atoms with Gasteiger partial charge in [-0.2, -0.15) is 0 Å². The zero-order valence-corrected chi connectivity index (χ0v) is 10.6. The molecule has 0 aliphatic heterocycles. The van der Waals surface area contributed by atoms with Gasteiger partial charge in [0.25, 0.3) is 10.0 Å². The molecule has 0 aliphatic rings. The normalized spacial score (nSPS) is 11.6. The van der Waals surface area contributed by atoms with E-state index in [4.69, 9.17) is 0 Å². The van der Waals surface area contributed by atoms with Crippen LogP contribution in [0.4, 0.5) is 5.69 Å². The standard InChI is InChI=1S/C12H10N4O2S/c17-19(18,10-4-2-1-3-5-10)16-9-6-11-12(13-7-9)15-8-14-11/h1-8,16H,(H,13,14,15). The van der Waals surface area contributed by atoms with Gasteiger partial charge in [0.05, 0.1) is 28.6 Å². The van der Waals surface area contributed by atoms with Crippen LogP contribution in [0.3, 0.4) is 0 Å². The van der Waals surface area contributed by atoms with Crippen LogP contribution < -0.4 is 4.72 Å². The lowest BCUT2D eigenvalue weighted by Crippen LogP contribution is -2.12. The topological polar surface area (TPSA) is 87.7 Å². The van der Waals surface area contributed by atoms with Crippen LogP contribution in [0.25, 0.3) is 11.2 Å². The zero-order valence-electron chi connectivity index (χ0n) is 9.74. The Balaban J connectivity index is 1.96. The summed E-state index contributed by atoms with van der Waals surface area (Å²) in [6.45, 7) is 0. The molecule has 1 aromatic carbocycles. The molecule has 0 saturated heterocycles. The summed E-state index contributed by atoms with van der Waals surface area (Å²) >= 11 is 0. The van der Waals surface area contributed by atoms with Crippen LogP contribution in [0.5, 0.6) is 0 Å². The van der Waals surface area contributed by atoms with Gasteiger partial charge >= 0.3 is 0 Å². The van der Waals surface area contributed by atoms with Crippen LogP contribution in [0.1, 0.15) is 0 Å². The van der Waals surface area contributed by atoms with Crippen molar-refractivity contribution in [2.24, 2.45) is 0 Å². The van der Waals surface area contributed by atoms with Gasteiger partial charge in [-0.1, -0.05) is 18.2 Å². The number of sulfonamides is 1. The first-order valence-corrected chi connectivity index (χ1v) is 7.00. The number of pyridine rings is 1. The number of hydrogen-bond donors (Lipinski definition) is 2. The Kier molecular flexibility index (Phi) is 2.68. The average molecular weight is 274 g/mol. The number of H-pyrrole nitrogens is 1. The maximum Gasteiger partial charge on any atom is 0.261 e. The molecule has 3 rings (SSSR count). The third-order valence-electron chi connectivity index (χ3n) is 2.58. The number of imidazole rings is 1. The number of rotatable bonds is 3. The molecule has 0 aliphatic carbocycles. The molecule has 7 heteroatoms. The van der Waals surface area contributed by atoms with E-state index in [0.29, 0.717) is 16.9 Å². The summed E-state index contributed by atoms with van der Waals surface area (Å²) in [5, 5.41) is 0. The van der Waals surface area contributed by atoms with Crippen LogP contribution in [-0.2, 0) is 10.0 Å². The van der Waals surface area contributed by atoms with Gasteiger partial charge in [-0.15, -0.1) is 0 Å². The van der Waals surface area contributed by atoms with Crippen molar-refractivity contribution in [1.82, 2.24) is 15.0 Å². The summed E-state index contributed by atoms with van der Waals surface area (Å²) in [6, 6.07) is 9.82. The number of hydrogen-bond acceptors (Lipinski definition) is 4. The molecule has 0 bridgehead atoms. The van der Waals surface area contributed by atoms with Crippen molar-refractivity contribution in [2.45, 2.75) is 4.90 Å². The lowest BCUT2D eigenvalue weighted by Gasteiger charge is -2.07. The Hall–Kier alpha value is -2.41. The monoisotopic (exact) mass is 274 g/mol. The highest BCUT2D eigenvalue weighted by molar-refractivity contribution is 7.92. The molecule has 2 aromatic heterocycles. The third-order valence-corrected chi connectivity index (χ3v) is 3.98. The number of aromatic nitrogens is 3. The molecule has 2 heterocycles. The van der Waals surface area contributed by atoms with Crippen molar-refractivity contribution in [3.05, 3.63) is 48.9 Å². The number of anilines is 1. The van der Waals surface area contributed by atoms with Crippen molar-refractivity contribution >= 4 is 26.9 Å². The maximum absolute atomic E-state index is 12.1. The Morgan fingerprint density at radius 1 is 1.11 bits per heavy atom. The van der Waals surface area contributed by atoms with Gasteiger partial charge in [-0.25, -0.2) is 18.4 Å². The van der Waals surface area contributed by atoms with Crippen LogP contribution in [-0.4, -0.2) is 23.4 Å². The number of nitrogens with one attached hydrogen (secondary N) is 2. The Morgan fingerprint density at radius 2 is 1.89 bits per heavy atom. The summed E-state index contributed by atoms with van der Waals surface area (Å²) in [7, 11) is -3.59. The lowest BCUT2D eigenvalue weighted by molar-refractivity contribution is 0.601. The van der Waals surface area contributed by atoms with Crippen molar-refractivity contribution in [3.8, 4) is 0 Å². The second-order valence-corrected chi connectivity index (χ2v) is 5.60. The number of nitrogens with zero attached hydrogens (tertiary/aromatic N) is 2. The molecular formula is C12H10N4O2S. The van der Waals surface area contributed by atoms with Gasteiger partial charge in [-0.3, -0.25) is 4.72 Å². The van der Waals surface area contributed by atoms with Crippen LogP contribution in [0.2, 0.25) is 0 Å². The molecule has 0 atom stereocenters. The smallest absolute Gasteiger partial charge is 0.261 e. The summed E-state index contributed by atoms with van der Waals surface area (Å²) in [4.78, 5) is 11.1. The van der Waals surface area contributed by atoms with Gasteiger partial charge in [0, 0.05) is 0 Å². The first kappa shape index (κ1) is 11.7. The maximum atomic E-state index is 12.1. The summed E-state index contributed by atoms with van der Waals surface area (Å²) < 4.78 is 26.7. The predicted molar refractivity (Wildman–Crippen MR) is 71.1 cm³/mol. The number of benzene rings is 1. The van der Waals surface area contributed by atoms with E-state index < -0.39 is 10.0 Å². The van der Waals surface area contributed by atoms with E-state index in [0.717, 1.165) is 0 Å². The minimum Gasteiger partial charge on any atom is -0.343 e. The molecule has 2 N–H and O–H groups in total. The van der Waals surface area contributed by atoms with Crippen molar-refractivity contribution in [2.75, 3.05) is 4.72 Å². The van der Waals surface area contributed by atoms with Crippen molar-refractivity contribution < 1.29 is 8.42 Å². The summed E-state index contributed by atoms with van der Waals surface area (Å²) in [5.74, 6) is 0. The molecule has 6 nitrogen and oxygen atoms in total. The van der Waals surface area contributed by atoms with Crippen LogP contribution in [0, 0.1) is 0 Å². The largest absolute Gasteiger partial charge is 0.343 e. The molecule has 0 radical (unpaired) electrons. The number of aromatic amines is 1. The lowest BCUT2D eigenvalue weighted by atomic mass is 10.4. The van der Waals surface area contributed by atoms with Gasteiger partial charge in [-0.05, 0) is 18.2 Å². The van der Waals surface area contributed by atoms with E-state index in [1.807, 2.05) is 0 Å². The predicted octanol–water partition coefficient (Wildman–Crippen LogP) is 1.76. The molecule has 0 spiro atoms. The Bertz CT molecular complexity index is 812. The van der Waals surface area contributed by atoms with E-state index in [1.54, 1.807) is 24.3 Å². The van der Waals surface area contributed by atoms with Crippen molar-refractivity contribution in [3.63, 3.8) is 0 Å². The highest BCUT2D eigenvalue weighted by Gasteiger charge is 2.13. The van der Waals surface area contributed by atoms with Gasteiger partial charge in [0.1, 0.15) is 0 Å². The number of fused-ring (bicyclic) bond motifs is 1. The molecular weight excluding hydrogens is 264 g/mol. The summed E-state index contributed by atoms with van der Waals surface area (Å²) in [6.07, 6.45) is 2.94. The SMILES string of the molecule is O=S(=O)(Nc1cnc2nc[nH]c2c1)c1ccccc1. The average Bonchev–Trinajstić information content (AvgIpc) is 2.87. The Labute approximate surface area is 109 Å². The molecule has 19 heavy (non-hydrogen) atoms. The summed E-state index contributed by atoms with van der Waals surface area (Å²) in [5.41, 5.74) is 1.61. The fourth-order valence-electron chi connectivity index (χ4n) is 1.70.